The minimum absolute atomic E-state index is 0.143. The Hall–Kier alpha value is -0.310. The maximum Gasteiger partial charge on any atom is 0.401 e. The molecule has 4 nitrogen and oxygen atoms in total. The number of hydrogen-bond donors (Lipinski definition) is 2. The number of halogens is 6. The summed E-state index contributed by atoms with van der Waals surface area (Å²) in [4.78, 5) is 15.2. The largest absolute Gasteiger partial charge is 0.401 e. The lowest BCUT2D eigenvalue weighted by atomic mass is 9.94. The molecule has 1 rings (SSSR count). The highest BCUT2D eigenvalue weighted by Crippen LogP contribution is 2.42. The molecule has 0 bridgehead atoms. The van der Waals surface area contributed by atoms with Crippen molar-refractivity contribution in [2.75, 3.05) is 6.54 Å². The standard InChI is InChI=1S/C10H15F6N.H3O3P/c1-7-3-4-8(2,5-9(11,12)13)17(7)6-10(14,15)16;1-4(2)3/h7H,3-6H2,1-2H3;4H,(H2,1,2,3). The summed E-state index contributed by atoms with van der Waals surface area (Å²) >= 11 is 0. The summed E-state index contributed by atoms with van der Waals surface area (Å²) < 4.78 is 82.9. The first-order valence-electron chi connectivity index (χ1n) is 5.98. The molecule has 11 heteroatoms. The molecule has 1 saturated heterocycles. The molecule has 1 heterocycles. The first-order valence-corrected chi connectivity index (χ1v) is 7.29. The highest BCUT2D eigenvalue weighted by atomic mass is 31.1. The summed E-state index contributed by atoms with van der Waals surface area (Å²) in [6.07, 6.45) is -9.60. The molecule has 21 heavy (non-hydrogen) atoms. The summed E-state index contributed by atoms with van der Waals surface area (Å²) in [5.74, 6) is 0. The van der Waals surface area contributed by atoms with Gasteiger partial charge in [-0.25, -0.2) is 0 Å². The summed E-state index contributed by atoms with van der Waals surface area (Å²) in [5.41, 5.74) is -1.44. The molecular weight excluding hydrogens is 327 g/mol. The second kappa shape index (κ2) is 7.30. The zero-order valence-corrected chi connectivity index (χ0v) is 12.4. The quantitative estimate of drug-likeness (QED) is 0.596. The third-order valence-electron chi connectivity index (χ3n) is 3.26. The van der Waals surface area contributed by atoms with Gasteiger partial charge in [0.2, 0.25) is 0 Å². The molecule has 0 radical (unpaired) electrons. The monoisotopic (exact) mass is 345 g/mol. The molecular formula is C10H18F6NO3P. The van der Waals surface area contributed by atoms with E-state index in [-0.39, 0.29) is 6.42 Å². The van der Waals surface area contributed by atoms with Crippen molar-refractivity contribution in [2.24, 2.45) is 0 Å². The molecule has 0 spiro atoms. The van der Waals surface area contributed by atoms with Crippen molar-refractivity contribution in [1.82, 2.24) is 4.90 Å². The van der Waals surface area contributed by atoms with E-state index >= 15 is 0 Å². The normalized spacial score (nSPS) is 27.7. The number of nitrogens with zero attached hydrogens (tertiary/aromatic N) is 1. The molecule has 0 aromatic rings. The van der Waals surface area contributed by atoms with Gasteiger partial charge in [0, 0.05) is 11.6 Å². The first-order chi connectivity index (χ1) is 9.16. The van der Waals surface area contributed by atoms with Crippen molar-refractivity contribution in [3.8, 4) is 0 Å². The van der Waals surface area contributed by atoms with Gasteiger partial charge >= 0.3 is 20.6 Å². The van der Waals surface area contributed by atoms with Gasteiger partial charge in [0.05, 0.1) is 13.0 Å². The Labute approximate surface area is 118 Å². The van der Waals surface area contributed by atoms with Crippen LogP contribution in [-0.4, -0.2) is 45.2 Å². The van der Waals surface area contributed by atoms with Crippen LogP contribution in [-0.2, 0) is 4.57 Å². The van der Waals surface area contributed by atoms with E-state index in [1.165, 1.54) is 13.8 Å². The van der Waals surface area contributed by atoms with E-state index in [0.717, 1.165) is 4.90 Å². The van der Waals surface area contributed by atoms with Crippen LogP contribution in [0.3, 0.4) is 0 Å². The van der Waals surface area contributed by atoms with E-state index in [1.807, 2.05) is 0 Å². The molecule has 1 aliphatic rings. The minimum Gasteiger partial charge on any atom is -0.326 e. The molecule has 1 fully saturated rings. The fraction of sp³-hybridized carbons (Fsp3) is 1.00. The van der Waals surface area contributed by atoms with Gasteiger partial charge in [-0.15, -0.1) is 0 Å². The fourth-order valence-corrected chi connectivity index (χ4v) is 2.51. The first kappa shape index (κ1) is 20.7. The maximum atomic E-state index is 12.4. The average Bonchev–Trinajstić information content (AvgIpc) is 2.40. The Balaban J connectivity index is 0.000000885. The third-order valence-corrected chi connectivity index (χ3v) is 3.26. The topological polar surface area (TPSA) is 60.8 Å². The van der Waals surface area contributed by atoms with Crippen LogP contribution in [0.4, 0.5) is 26.3 Å². The molecule has 2 unspecified atom stereocenters. The van der Waals surface area contributed by atoms with Crippen molar-refractivity contribution in [3.05, 3.63) is 0 Å². The van der Waals surface area contributed by atoms with Crippen molar-refractivity contribution in [1.29, 1.82) is 0 Å². The smallest absolute Gasteiger partial charge is 0.326 e. The summed E-state index contributed by atoms with van der Waals surface area (Å²) in [5, 5.41) is 0. The van der Waals surface area contributed by atoms with Crippen LogP contribution < -0.4 is 0 Å². The molecule has 2 atom stereocenters. The van der Waals surface area contributed by atoms with Crippen molar-refractivity contribution in [3.63, 3.8) is 0 Å². The predicted molar refractivity (Wildman–Crippen MR) is 64.0 cm³/mol. The number of alkyl halides is 6. The third kappa shape index (κ3) is 8.65. The average molecular weight is 345 g/mol. The van der Waals surface area contributed by atoms with E-state index in [1.54, 1.807) is 0 Å². The van der Waals surface area contributed by atoms with Crippen LogP contribution >= 0.6 is 8.25 Å². The van der Waals surface area contributed by atoms with E-state index in [9.17, 15) is 26.3 Å². The van der Waals surface area contributed by atoms with Crippen molar-refractivity contribution < 1.29 is 40.7 Å². The lowest BCUT2D eigenvalue weighted by Crippen LogP contribution is -2.50. The molecule has 0 aromatic heterocycles. The van der Waals surface area contributed by atoms with Crippen LogP contribution in [0, 0.1) is 0 Å². The molecule has 0 amide bonds. The van der Waals surface area contributed by atoms with Gasteiger partial charge in [0.25, 0.3) is 0 Å². The Morgan fingerprint density at radius 3 is 1.95 bits per heavy atom. The van der Waals surface area contributed by atoms with Gasteiger partial charge in [-0.05, 0) is 26.7 Å². The minimum atomic E-state index is -4.47. The van der Waals surface area contributed by atoms with E-state index in [4.69, 9.17) is 14.4 Å². The van der Waals surface area contributed by atoms with Gasteiger partial charge in [-0.3, -0.25) is 9.46 Å². The Kier molecular flexibility index (Phi) is 7.19. The van der Waals surface area contributed by atoms with Crippen molar-refractivity contribution >= 4 is 8.25 Å². The van der Waals surface area contributed by atoms with Gasteiger partial charge in [0.1, 0.15) is 0 Å². The Morgan fingerprint density at radius 1 is 1.19 bits per heavy atom. The lowest BCUT2D eigenvalue weighted by Gasteiger charge is -2.38. The van der Waals surface area contributed by atoms with Crippen LogP contribution in [0.2, 0.25) is 0 Å². The van der Waals surface area contributed by atoms with Gasteiger partial charge in [-0.1, -0.05) is 0 Å². The number of rotatable bonds is 2. The lowest BCUT2D eigenvalue weighted by molar-refractivity contribution is -0.185. The predicted octanol–water partition coefficient (Wildman–Crippen LogP) is 3.10. The van der Waals surface area contributed by atoms with Gasteiger partial charge < -0.3 is 9.79 Å². The van der Waals surface area contributed by atoms with Gasteiger partial charge in [0.15, 0.2) is 0 Å². The van der Waals surface area contributed by atoms with E-state index in [0.29, 0.717) is 6.42 Å². The van der Waals surface area contributed by atoms with E-state index < -0.39 is 45.2 Å². The molecule has 0 aromatic carbocycles. The second-order valence-electron chi connectivity index (χ2n) is 5.20. The summed E-state index contributed by atoms with van der Waals surface area (Å²) in [6.45, 7) is 1.52. The highest BCUT2D eigenvalue weighted by molar-refractivity contribution is 7.30. The fourth-order valence-electron chi connectivity index (χ4n) is 2.51. The maximum absolute atomic E-state index is 12.4. The Bertz CT molecular complexity index is 358. The zero-order valence-electron chi connectivity index (χ0n) is 11.4. The van der Waals surface area contributed by atoms with Gasteiger partial charge in [-0.2, -0.15) is 26.3 Å². The zero-order chi connectivity index (χ0) is 17.1. The Morgan fingerprint density at radius 2 is 1.62 bits per heavy atom. The summed E-state index contributed by atoms with van der Waals surface area (Å²) in [6, 6.07) is -0.469. The molecule has 0 saturated carbocycles. The molecule has 128 valence electrons. The second-order valence-corrected chi connectivity index (χ2v) is 5.77. The van der Waals surface area contributed by atoms with Crippen LogP contribution in [0.15, 0.2) is 0 Å². The van der Waals surface area contributed by atoms with Crippen LogP contribution in [0.25, 0.3) is 0 Å². The number of likely N-dealkylation sites (tertiary alicyclic amines) is 1. The van der Waals surface area contributed by atoms with Crippen LogP contribution in [0.1, 0.15) is 33.1 Å². The summed E-state index contributed by atoms with van der Waals surface area (Å²) in [7, 11) is -3.13. The van der Waals surface area contributed by atoms with Crippen molar-refractivity contribution in [2.45, 2.75) is 57.0 Å². The molecule has 2 N–H and O–H groups in total. The SMILES string of the molecule is CC1CCC(C)(CC(F)(F)F)N1CC(F)(F)F.O=[PH](O)O. The molecule has 0 aliphatic carbocycles. The molecule has 1 aliphatic heterocycles. The van der Waals surface area contributed by atoms with Crippen LogP contribution in [0.5, 0.6) is 0 Å². The highest BCUT2D eigenvalue weighted by Gasteiger charge is 2.50. The number of hydrogen-bond acceptors (Lipinski definition) is 2. The van der Waals surface area contributed by atoms with E-state index in [2.05, 4.69) is 0 Å².